The van der Waals surface area contributed by atoms with E-state index in [9.17, 15) is 9.59 Å². The van der Waals surface area contributed by atoms with Gasteiger partial charge in [-0.15, -0.1) is 0 Å². The zero-order chi connectivity index (χ0) is 23.3. The van der Waals surface area contributed by atoms with Crippen LogP contribution in [0.25, 0.3) is 11.2 Å². The van der Waals surface area contributed by atoms with Crippen molar-refractivity contribution >= 4 is 22.8 Å². The normalized spacial score (nSPS) is 12.9. The summed E-state index contributed by atoms with van der Waals surface area (Å²) in [6.07, 6.45) is 0. The quantitative estimate of drug-likeness (QED) is 0.467. The smallest absolute Gasteiger partial charge is 0.332 e. The molecular weight excluding hydrogens is 422 g/mol. The molecule has 170 valence electrons. The van der Waals surface area contributed by atoms with E-state index in [1.807, 2.05) is 58.9 Å². The second-order valence-electron chi connectivity index (χ2n) is 8.08. The van der Waals surface area contributed by atoms with E-state index in [0.717, 1.165) is 16.8 Å². The maximum Gasteiger partial charge on any atom is 0.332 e. The topological polar surface area (TPSA) is 83.5 Å². The molecule has 4 aromatic rings. The highest BCUT2D eigenvalue weighted by molar-refractivity contribution is 5.79. The van der Waals surface area contributed by atoms with Gasteiger partial charge in [0.15, 0.2) is 11.2 Å². The van der Waals surface area contributed by atoms with E-state index in [4.69, 9.17) is 14.5 Å². The zero-order valence-electron chi connectivity index (χ0n) is 19.0. The van der Waals surface area contributed by atoms with Crippen molar-refractivity contribution < 1.29 is 9.47 Å². The molecule has 1 aliphatic heterocycles. The minimum atomic E-state index is -0.391. The van der Waals surface area contributed by atoms with E-state index in [1.54, 1.807) is 21.3 Å². The Morgan fingerprint density at radius 3 is 2.55 bits per heavy atom. The largest absolute Gasteiger partial charge is 0.497 e. The average molecular weight is 447 g/mol. The molecule has 9 nitrogen and oxygen atoms in total. The van der Waals surface area contributed by atoms with Gasteiger partial charge in [-0.25, -0.2) is 4.79 Å². The SMILES string of the molecule is COc1ccc(OC)c(N2CCn3c2nc2c3c(=O)n(Cc3ccccc3C)c(=O)n2C)c1. The number of methoxy groups -OCH3 is 2. The van der Waals surface area contributed by atoms with Crippen LogP contribution in [-0.2, 0) is 20.1 Å². The molecular formula is C24H25N5O4. The standard InChI is InChI=1S/C24H25N5O4/c1-15-7-5-6-8-16(15)14-29-22(30)20-21(26(2)24(29)31)25-23-27(11-12-28(20)23)18-13-17(32-3)9-10-19(18)33-4/h5-10,13H,11-12,14H2,1-4H3. The second-order valence-corrected chi connectivity index (χ2v) is 8.08. The summed E-state index contributed by atoms with van der Waals surface area (Å²) in [5.74, 6) is 1.95. The molecule has 0 fully saturated rings. The van der Waals surface area contributed by atoms with Crippen molar-refractivity contribution in [1.82, 2.24) is 18.7 Å². The minimum absolute atomic E-state index is 0.210. The van der Waals surface area contributed by atoms with Crippen molar-refractivity contribution in [3.05, 3.63) is 74.4 Å². The number of hydrogen-bond donors (Lipinski definition) is 0. The summed E-state index contributed by atoms with van der Waals surface area (Å²) in [4.78, 5) is 33.3. The van der Waals surface area contributed by atoms with Gasteiger partial charge in [0.25, 0.3) is 5.56 Å². The summed E-state index contributed by atoms with van der Waals surface area (Å²) in [6, 6.07) is 13.3. The van der Waals surface area contributed by atoms with E-state index in [1.165, 1.54) is 9.13 Å². The summed E-state index contributed by atoms with van der Waals surface area (Å²) < 4.78 is 15.6. The van der Waals surface area contributed by atoms with Gasteiger partial charge in [0.2, 0.25) is 5.95 Å². The number of ether oxygens (including phenoxy) is 2. The fourth-order valence-electron chi connectivity index (χ4n) is 4.41. The van der Waals surface area contributed by atoms with Gasteiger partial charge in [-0.3, -0.25) is 13.9 Å². The lowest BCUT2D eigenvalue weighted by molar-refractivity contribution is 0.403. The van der Waals surface area contributed by atoms with Crippen LogP contribution >= 0.6 is 0 Å². The lowest BCUT2D eigenvalue weighted by atomic mass is 10.1. The molecule has 0 saturated heterocycles. The van der Waals surface area contributed by atoms with E-state index < -0.39 is 5.69 Å². The predicted octanol–water partition coefficient (Wildman–Crippen LogP) is 2.42. The van der Waals surface area contributed by atoms with Crippen molar-refractivity contribution in [3.63, 3.8) is 0 Å². The molecule has 0 bridgehead atoms. The van der Waals surface area contributed by atoms with Gasteiger partial charge in [-0.1, -0.05) is 24.3 Å². The summed E-state index contributed by atoms with van der Waals surface area (Å²) in [6.45, 7) is 3.35. The maximum absolute atomic E-state index is 13.5. The first-order valence-corrected chi connectivity index (χ1v) is 10.7. The van der Waals surface area contributed by atoms with Gasteiger partial charge in [0, 0.05) is 26.2 Å². The van der Waals surface area contributed by atoms with Crippen LogP contribution in [0.4, 0.5) is 11.6 Å². The van der Waals surface area contributed by atoms with E-state index in [2.05, 4.69) is 0 Å². The molecule has 1 aliphatic rings. The molecule has 0 aliphatic carbocycles. The molecule has 9 heteroatoms. The monoisotopic (exact) mass is 447 g/mol. The Hall–Kier alpha value is -4.01. The zero-order valence-corrected chi connectivity index (χ0v) is 19.0. The highest BCUT2D eigenvalue weighted by Crippen LogP contribution is 2.39. The molecule has 0 atom stereocenters. The molecule has 0 unspecified atom stereocenters. The Labute approximate surface area is 190 Å². The Balaban J connectivity index is 1.69. The average Bonchev–Trinajstić information content (AvgIpc) is 3.40. The van der Waals surface area contributed by atoms with E-state index in [0.29, 0.717) is 41.7 Å². The molecule has 0 N–H and O–H groups in total. The highest BCUT2D eigenvalue weighted by atomic mass is 16.5. The molecule has 33 heavy (non-hydrogen) atoms. The number of imidazole rings is 1. The van der Waals surface area contributed by atoms with Crippen LogP contribution in [-0.4, -0.2) is 39.4 Å². The van der Waals surface area contributed by atoms with Gasteiger partial charge in [-0.2, -0.15) is 4.98 Å². The van der Waals surface area contributed by atoms with Crippen LogP contribution in [0.15, 0.2) is 52.1 Å². The molecule has 5 rings (SSSR count). The molecule has 0 spiro atoms. The fourth-order valence-corrected chi connectivity index (χ4v) is 4.41. The van der Waals surface area contributed by atoms with Crippen molar-refractivity contribution in [2.24, 2.45) is 7.05 Å². The van der Waals surface area contributed by atoms with Crippen molar-refractivity contribution in [2.45, 2.75) is 20.0 Å². The lowest BCUT2D eigenvalue weighted by Crippen LogP contribution is -2.40. The highest BCUT2D eigenvalue weighted by Gasteiger charge is 2.30. The van der Waals surface area contributed by atoms with Crippen LogP contribution in [0.1, 0.15) is 11.1 Å². The van der Waals surface area contributed by atoms with E-state index >= 15 is 0 Å². The van der Waals surface area contributed by atoms with Crippen LogP contribution in [0.2, 0.25) is 0 Å². The Bertz CT molecular complexity index is 1500. The fraction of sp³-hybridized carbons (Fsp3) is 0.292. The molecule has 3 heterocycles. The van der Waals surface area contributed by atoms with Gasteiger partial charge in [0.1, 0.15) is 11.5 Å². The number of anilines is 2. The number of nitrogens with zero attached hydrogens (tertiary/aromatic N) is 5. The van der Waals surface area contributed by atoms with Gasteiger partial charge in [0.05, 0.1) is 26.5 Å². The molecule has 0 saturated carbocycles. The Morgan fingerprint density at radius 1 is 1.03 bits per heavy atom. The summed E-state index contributed by atoms with van der Waals surface area (Å²) in [7, 11) is 4.87. The first-order valence-electron chi connectivity index (χ1n) is 10.7. The molecule has 0 amide bonds. The number of fused-ring (bicyclic) bond motifs is 3. The third-order valence-electron chi connectivity index (χ3n) is 6.27. The maximum atomic E-state index is 13.5. The lowest BCUT2D eigenvalue weighted by Gasteiger charge is -2.19. The third kappa shape index (κ3) is 3.19. The van der Waals surface area contributed by atoms with Gasteiger partial charge >= 0.3 is 5.69 Å². The number of rotatable bonds is 5. The number of benzene rings is 2. The number of hydrogen-bond acceptors (Lipinski definition) is 6. The summed E-state index contributed by atoms with van der Waals surface area (Å²) in [5, 5.41) is 0. The van der Waals surface area contributed by atoms with Gasteiger partial charge < -0.3 is 18.9 Å². The Morgan fingerprint density at radius 2 is 1.82 bits per heavy atom. The minimum Gasteiger partial charge on any atom is -0.497 e. The first-order chi connectivity index (χ1) is 15.9. The second kappa shape index (κ2) is 7.84. The van der Waals surface area contributed by atoms with Crippen LogP contribution in [0.5, 0.6) is 11.5 Å². The van der Waals surface area contributed by atoms with Gasteiger partial charge in [-0.05, 0) is 30.2 Å². The summed E-state index contributed by atoms with van der Waals surface area (Å²) >= 11 is 0. The number of aromatic nitrogens is 4. The molecule has 2 aromatic heterocycles. The van der Waals surface area contributed by atoms with Crippen molar-refractivity contribution in [1.29, 1.82) is 0 Å². The predicted molar refractivity (Wildman–Crippen MR) is 126 cm³/mol. The number of aryl methyl sites for hydroxylation is 2. The van der Waals surface area contributed by atoms with Crippen LogP contribution in [0, 0.1) is 6.92 Å². The first kappa shape index (κ1) is 20.9. The van der Waals surface area contributed by atoms with Crippen LogP contribution < -0.4 is 25.6 Å². The third-order valence-corrected chi connectivity index (χ3v) is 6.27. The van der Waals surface area contributed by atoms with Crippen molar-refractivity contribution in [2.75, 3.05) is 25.7 Å². The Kier molecular flexibility index (Phi) is 4.96. The summed E-state index contributed by atoms with van der Waals surface area (Å²) in [5.41, 5.74) is 2.81. The van der Waals surface area contributed by atoms with Crippen molar-refractivity contribution in [3.8, 4) is 11.5 Å². The van der Waals surface area contributed by atoms with Crippen LogP contribution in [0.3, 0.4) is 0 Å². The molecule has 2 aromatic carbocycles. The molecule has 0 radical (unpaired) electrons. The van der Waals surface area contributed by atoms with E-state index in [-0.39, 0.29) is 12.1 Å².